The molecule has 1 saturated heterocycles. The van der Waals surface area contributed by atoms with Gasteiger partial charge in [0.2, 0.25) is 21.8 Å². The standard InChI is InChI=1S/C19H29N3O4S/c1-6-13(2)21-27(25,26)16-9-7-15(8-10-16)20-18(24)14-11-17(23)22(12-14)19(3,4)5/h7-10,13-14,21H,6,11-12H2,1-5H3,(H,20,24)/t13-,14+/m0/s1. The molecular weight excluding hydrogens is 366 g/mol. The van der Waals surface area contributed by atoms with E-state index < -0.39 is 15.9 Å². The maximum absolute atomic E-state index is 12.5. The average molecular weight is 396 g/mol. The number of hydrogen-bond acceptors (Lipinski definition) is 4. The Labute approximate surface area is 161 Å². The van der Waals surface area contributed by atoms with Gasteiger partial charge in [-0.3, -0.25) is 9.59 Å². The van der Waals surface area contributed by atoms with Gasteiger partial charge in [0.25, 0.3) is 0 Å². The lowest BCUT2D eigenvalue weighted by molar-refractivity contribution is -0.131. The molecule has 0 spiro atoms. The number of hydrogen-bond donors (Lipinski definition) is 2. The number of amides is 2. The summed E-state index contributed by atoms with van der Waals surface area (Å²) < 4.78 is 27.1. The van der Waals surface area contributed by atoms with Gasteiger partial charge in [-0.15, -0.1) is 0 Å². The van der Waals surface area contributed by atoms with Crippen LogP contribution in [0.3, 0.4) is 0 Å². The molecule has 2 amide bonds. The predicted molar refractivity (Wildman–Crippen MR) is 105 cm³/mol. The highest BCUT2D eigenvalue weighted by Gasteiger charge is 2.39. The second-order valence-corrected chi connectivity index (χ2v) is 9.73. The monoisotopic (exact) mass is 395 g/mol. The van der Waals surface area contributed by atoms with E-state index in [0.717, 1.165) is 0 Å². The Kier molecular flexibility index (Phi) is 6.32. The minimum absolute atomic E-state index is 0.0276. The maximum Gasteiger partial charge on any atom is 0.240 e. The minimum Gasteiger partial charge on any atom is -0.337 e. The minimum atomic E-state index is -3.58. The fourth-order valence-corrected chi connectivity index (χ4v) is 4.24. The van der Waals surface area contributed by atoms with E-state index in [0.29, 0.717) is 18.7 Å². The summed E-state index contributed by atoms with van der Waals surface area (Å²) >= 11 is 0. The Morgan fingerprint density at radius 1 is 1.26 bits per heavy atom. The number of sulfonamides is 1. The molecule has 0 unspecified atom stereocenters. The molecular formula is C19H29N3O4S. The summed E-state index contributed by atoms with van der Waals surface area (Å²) in [5.74, 6) is -0.671. The van der Waals surface area contributed by atoms with Gasteiger partial charge in [-0.05, 0) is 58.4 Å². The SMILES string of the molecule is CC[C@H](C)NS(=O)(=O)c1ccc(NC(=O)[C@@H]2CC(=O)N(C(C)(C)C)C2)cc1. The first-order valence-electron chi connectivity index (χ1n) is 9.17. The van der Waals surface area contributed by atoms with Gasteiger partial charge in [-0.25, -0.2) is 13.1 Å². The summed E-state index contributed by atoms with van der Waals surface area (Å²) in [5.41, 5.74) is 0.189. The van der Waals surface area contributed by atoms with Crippen LogP contribution in [0.5, 0.6) is 0 Å². The van der Waals surface area contributed by atoms with Gasteiger partial charge >= 0.3 is 0 Å². The molecule has 1 aromatic rings. The summed E-state index contributed by atoms with van der Waals surface area (Å²) in [5, 5.41) is 2.77. The van der Waals surface area contributed by atoms with Crippen molar-refractivity contribution in [2.75, 3.05) is 11.9 Å². The highest BCUT2D eigenvalue weighted by Crippen LogP contribution is 2.27. The van der Waals surface area contributed by atoms with Crippen LogP contribution < -0.4 is 10.0 Å². The van der Waals surface area contributed by atoms with Crippen LogP contribution in [-0.2, 0) is 19.6 Å². The number of carbonyl (C=O) groups excluding carboxylic acids is 2. The first-order valence-corrected chi connectivity index (χ1v) is 10.7. The van der Waals surface area contributed by atoms with E-state index >= 15 is 0 Å². The summed E-state index contributed by atoms with van der Waals surface area (Å²) in [6.45, 7) is 9.92. The summed E-state index contributed by atoms with van der Waals surface area (Å²) in [4.78, 5) is 26.5. The van der Waals surface area contributed by atoms with Gasteiger partial charge < -0.3 is 10.2 Å². The molecule has 27 heavy (non-hydrogen) atoms. The molecule has 0 aromatic heterocycles. The second kappa shape index (κ2) is 7.98. The topological polar surface area (TPSA) is 95.6 Å². The third-order valence-corrected chi connectivity index (χ3v) is 6.31. The van der Waals surface area contributed by atoms with Gasteiger partial charge in [-0.1, -0.05) is 6.92 Å². The zero-order valence-corrected chi connectivity index (χ0v) is 17.4. The first-order chi connectivity index (χ1) is 12.4. The summed E-state index contributed by atoms with van der Waals surface area (Å²) in [6, 6.07) is 5.88. The van der Waals surface area contributed by atoms with Gasteiger partial charge in [-0.2, -0.15) is 0 Å². The molecule has 0 radical (unpaired) electrons. The van der Waals surface area contributed by atoms with Crippen LogP contribution in [0.4, 0.5) is 5.69 Å². The smallest absolute Gasteiger partial charge is 0.240 e. The third-order valence-electron chi connectivity index (χ3n) is 4.71. The number of rotatable bonds is 6. The van der Waals surface area contributed by atoms with Gasteiger partial charge in [0, 0.05) is 30.2 Å². The van der Waals surface area contributed by atoms with Crippen LogP contribution in [0.25, 0.3) is 0 Å². The van der Waals surface area contributed by atoms with Crippen molar-refractivity contribution in [1.29, 1.82) is 0 Å². The highest BCUT2D eigenvalue weighted by atomic mass is 32.2. The van der Waals surface area contributed by atoms with Crippen LogP contribution in [0.15, 0.2) is 29.2 Å². The number of anilines is 1. The molecule has 1 aliphatic heterocycles. The number of nitrogens with one attached hydrogen (secondary N) is 2. The van der Waals surface area contributed by atoms with E-state index in [2.05, 4.69) is 10.0 Å². The van der Waals surface area contributed by atoms with Crippen molar-refractivity contribution < 1.29 is 18.0 Å². The van der Waals surface area contributed by atoms with Crippen LogP contribution >= 0.6 is 0 Å². The molecule has 1 heterocycles. The zero-order valence-electron chi connectivity index (χ0n) is 16.6. The predicted octanol–water partition coefficient (Wildman–Crippen LogP) is 2.35. The fraction of sp³-hybridized carbons (Fsp3) is 0.579. The molecule has 2 rings (SSSR count). The largest absolute Gasteiger partial charge is 0.337 e. The number of likely N-dealkylation sites (tertiary alicyclic amines) is 1. The fourth-order valence-electron chi connectivity index (χ4n) is 2.91. The maximum atomic E-state index is 12.5. The molecule has 1 aliphatic rings. The van der Waals surface area contributed by atoms with Gasteiger partial charge in [0.15, 0.2) is 0 Å². The first kappa shape index (κ1) is 21.4. The second-order valence-electron chi connectivity index (χ2n) is 8.02. The van der Waals surface area contributed by atoms with E-state index in [9.17, 15) is 18.0 Å². The third kappa shape index (κ3) is 5.29. The number of nitrogens with zero attached hydrogens (tertiary/aromatic N) is 1. The van der Waals surface area contributed by atoms with E-state index in [-0.39, 0.29) is 34.7 Å². The van der Waals surface area contributed by atoms with E-state index in [4.69, 9.17) is 0 Å². The molecule has 0 aliphatic carbocycles. The zero-order chi connectivity index (χ0) is 20.4. The average Bonchev–Trinajstić information content (AvgIpc) is 2.97. The van der Waals surface area contributed by atoms with Crippen LogP contribution in [-0.4, -0.2) is 43.3 Å². The Hall–Kier alpha value is -1.93. The van der Waals surface area contributed by atoms with Crippen molar-refractivity contribution in [3.05, 3.63) is 24.3 Å². The van der Waals surface area contributed by atoms with E-state index in [1.54, 1.807) is 24.0 Å². The van der Waals surface area contributed by atoms with Crippen molar-refractivity contribution in [3.8, 4) is 0 Å². The van der Waals surface area contributed by atoms with Crippen LogP contribution in [0.1, 0.15) is 47.5 Å². The molecule has 1 fully saturated rings. The molecule has 7 nitrogen and oxygen atoms in total. The lowest BCUT2D eigenvalue weighted by Gasteiger charge is -2.31. The Morgan fingerprint density at radius 2 is 1.85 bits per heavy atom. The van der Waals surface area contributed by atoms with Gasteiger partial charge in [0.1, 0.15) is 0 Å². The molecule has 150 valence electrons. The van der Waals surface area contributed by atoms with Crippen LogP contribution in [0, 0.1) is 5.92 Å². The molecule has 2 N–H and O–H groups in total. The lowest BCUT2D eigenvalue weighted by Crippen LogP contribution is -2.42. The highest BCUT2D eigenvalue weighted by molar-refractivity contribution is 7.89. The Bertz CT molecular complexity index is 797. The lowest BCUT2D eigenvalue weighted by atomic mass is 10.1. The van der Waals surface area contributed by atoms with Crippen molar-refractivity contribution in [1.82, 2.24) is 9.62 Å². The molecule has 1 aromatic carbocycles. The summed E-state index contributed by atoms with van der Waals surface area (Å²) in [6.07, 6.45) is 0.882. The quantitative estimate of drug-likeness (QED) is 0.773. The van der Waals surface area contributed by atoms with E-state index in [1.165, 1.54) is 12.1 Å². The molecule has 2 atom stereocenters. The normalized spacial score (nSPS) is 19.2. The number of benzene rings is 1. The summed E-state index contributed by atoms with van der Waals surface area (Å²) in [7, 11) is -3.58. The Morgan fingerprint density at radius 3 is 2.33 bits per heavy atom. The van der Waals surface area contributed by atoms with Crippen LogP contribution in [0.2, 0.25) is 0 Å². The molecule has 0 bridgehead atoms. The van der Waals surface area contributed by atoms with Crippen molar-refractivity contribution in [2.45, 2.75) is 63.9 Å². The van der Waals surface area contributed by atoms with Crippen molar-refractivity contribution >= 4 is 27.5 Å². The molecule has 0 saturated carbocycles. The van der Waals surface area contributed by atoms with Crippen molar-refractivity contribution in [2.24, 2.45) is 5.92 Å². The van der Waals surface area contributed by atoms with E-state index in [1.807, 2.05) is 27.7 Å². The molecule has 8 heteroatoms. The Balaban J connectivity index is 2.03. The van der Waals surface area contributed by atoms with Crippen molar-refractivity contribution in [3.63, 3.8) is 0 Å². The van der Waals surface area contributed by atoms with Gasteiger partial charge in [0.05, 0.1) is 10.8 Å². The number of carbonyl (C=O) groups is 2.